The van der Waals surface area contributed by atoms with Crippen molar-refractivity contribution >= 4 is 5.97 Å². The summed E-state index contributed by atoms with van der Waals surface area (Å²) in [7, 11) is 0. The number of carbonyl (C=O) groups is 1. The minimum Gasteiger partial charge on any atom is -0.465 e. The van der Waals surface area contributed by atoms with Gasteiger partial charge in [0.1, 0.15) is 0 Å². The second-order valence-corrected chi connectivity index (χ2v) is 4.37. The molecule has 2 atom stereocenters. The summed E-state index contributed by atoms with van der Waals surface area (Å²) in [5, 5.41) is 14.4. The highest BCUT2D eigenvalue weighted by Crippen LogP contribution is 2.29. The topological polar surface area (TPSA) is 98.7 Å². The van der Waals surface area contributed by atoms with E-state index in [4.69, 9.17) is 4.74 Å². The number of nitrogens with zero attached hydrogens (tertiary/aromatic N) is 1. The zero-order chi connectivity index (χ0) is 14.4. The molecule has 0 aliphatic carbocycles. The summed E-state index contributed by atoms with van der Waals surface area (Å²) in [6.45, 7) is 5.60. The molecule has 0 aromatic carbocycles. The van der Waals surface area contributed by atoms with E-state index in [0.717, 1.165) is 6.42 Å². The Hall–Kier alpha value is -2.03. The Kier molecular flexibility index (Phi) is 5.37. The number of hydrogen-bond acceptors (Lipinski definition) is 4. The first-order chi connectivity index (χ1) is 9.06. The number of H-pyrrole nitrogens is 2. The highest BCUT2D eigenvalue weighted by atomic mass is 16.5. The van der Waals surface area contributed by atoms with Crippen molar-refractivity contribution < 1.29 is 9.53 Å². The van der Waals surface area contributed by atoms with Gasteiger partial charge in [-0.05, 0) is 20.3 Å². The molecule has 0 spiro atoms. The highest BCUT2D eigenvalue weighted by molar-refractivity contribution is 5.76. The molecule has 6 heteroatoms. The van der Waals surface area contributed by atoms with Crippen molar-refractivity contribution in [2.45, 2.75) is 39.5 Å². The van der Waals surface area contributed by atoms with Gasteiger partial charge in [0.05, 0.1) is 12.7 Å². The molecule has 1 heterocycles. The summed E-state index contributed by atoms with van der Waals surface area (Å²) in [6, 6.07) is 1.97. The van der Waals surface area contributed by atoms with Crippen LogP contribution in [0.5, 0.6) is 0 Å². The summed E-state index contributed by atoms with van der Waals surface area (Å²) in [5.41, 5.74) is 0.856. The minimum absolute atomic E-state index is 0.221. The molecule has 2 N–H and O–H groups in total. The molecule has 0 saturated carbocycles. The molecule has 104 valence electrons. The lowest BCUT2D eigenvalue weighted by atomic mass is 9.83. The largest absolute Gasteiger partial charge is 0.465 e. The Balaban J connectivity index is 3.16. The van der Waals surface area contributed by atoms with E-state index in [-0.39, 0.29) is 12.2 Å². The van der Waals surface area contributed by atoms with E-state index >= 15 is 0 Å². The van der Waals surface area contributed by atoms with Crippen LogP contribution in [0.2, 0.25) is 0 Å². The molecule has 0 unspecified atom stereocenters. The van der Waals surface area contributed by atoms with E-state index in [9.17, 15) is 14.9 Å². The second kappa shape index (κ2) is 6.78. The summed E-state index contributed by atoms with van der Waals surface area (Å²) < 4.78 is 4.92. The van der Waals surface area contributed by atoms with Gasteiger partial charge in [0.25, 0.3) is 5.56 Å². The van der Waals surface area contributed by atoms with Crippen LogP contribution in [0.15, 0.2) is 4.79 Å². The number of carbonyl (C=O) groups excluding carboxylic acids is 1. The summed E-state index contributed by atoms with van der Waals surface area (Å²) >= 11 is 0. The first-order valence-electron chi connectivity index (χ1n) is 6.40. The SMILES string of the molecule is CCC[C@H](c1c(C)[nH][nH]c1=O)[C@H](C#N)C(=O)OCC. The third-order valence-electron chi connectivity index (χ3n) is 3.06. The van der Waals surface area contributed by atoms with Gasteiger partial charge >= 0.3 is 5.97 Å². The number of ether oxygens (including phenoxy) is 1. The van der Waals surface area contributed by atoms with Gasteiger partial charge in [0.2, 0.25) is 0 Å². The van der Waals surface area contributed by atoms with Crippen LogP contribution in [0.3, 0.4) is 0 Å². The Morgan fingerprint density at radius 3 is 2.53 bits per heavy atom. The van der Waals surface area contributed by atoms with Crippen molar-refractivity contribution in [3.63, 3.8) is 0 Å². The maximum Gasteiger partial charge on any atom is 0.323 e. The minimum atomic E-state index is -0.949. The standard InChI is InChI=1S/C13H19N3O3/c1-4-6-9(10(7-14)13(18)19-5-2)11-8(3)15-16-12(11)17/h9-10H,4-6H2,1-3H3,(H2,15,16,17)/t9-,10-/m0/s1. The van der Waals surface area contributed by atoms with E-state index in [0.29, 0.717) is 17.7 Å². The lowest BCUT2D eigenvalue weighted by Gasteiger charge is -2.19. The third-order valence-corrected chi connectivity index (χ3v) is 3.06. The van der Waals surface area contributed by atoms with Crippen LogP contribution in [0, 0.1) is 24.2 Å². The number of aromatic amines is 2. The van der Waals surface area contributed by atoms with Crippen LogP contribution in [0.25, 0.3) is 0 Å². The van der Waals surface area contributed by atoms with E-state index < -0.39 is 17.8 Å². The molecule has 6 nitrogen and oxygen atoms in total. The molecule has 19 heavy (non-hydrogen) atoms. The molecular weight excluding hydrogens is 246 g/mol. The van der Waals surface area contributed by atoms with Gasteiger partial charge < -0.3 is 9.84 Å². The van der Waals surface area contributed by atoms with Gasteiger partial charge in [0, 0.05) is 17.2 Å². The number of esters is 1. The van der Waals surface area contributed by atoms with Gasteiger partial charge in [-0.1, -0.05) is 13.3 Å². The first kappa shape index (κ1) is 15.0. The predicted molar refractivity (Wildman–Crippen MR) is 69.5 cm³/mol. The third kappa shape index (κ3) is 3.25. The fraction of sp³-hybridized carbons (Fsp3) is 0.615. The summed E-state index contributed by atoms with van der Waals surface area (Å²) in [5.74, 6) is -1.96. The molecule has 0 aliphatic rings. The summed E-state index contributed by atoms with van der Waals surface area (Å²) in [6.07, 6.45) is 1.35. The number of aryl methyl sites for hydroxylation is 1. The van der Waals surface area contributed by atoms with Crippen molar-refractivity contribution in [3.8, 4) is 6.07 Å². The van der Waals surface area contributed by atoms with Crippen LogP contribution < -0.4 is 5.56 Å². The number of nitrogens with one attached hydrogen (secondary N) is 2. The molecular formula is C13H19N3O3. The van der Waals surface area contributed by atoms with E-state index in [1.54, 1.807) is 13.8 Å². The fourth-order valence-corrected chi connectivity index (χ4v) is 2.23. The van der Waals surface area contributed by atoms with Gasteiger partial charge in [-0.3, -0.25) is 14.7 Å². The van der Waals surface area contributed by atoms with Gasteiger partial charge in [-0.25, -0.2) is 0 Å². The maximum atomic E-state index is 11.8. The normalized spacial score (nSPS) is 13.6. The smallest absolute Gasteiger partial charge is 0.323 e. The van der Waals surface area contributed by atoms with Crippen molar-refractivity contribution in [2.75, 3.05) is 6.61 Å². The average Bonchev–Trinajstić information content (AvgIpc) is 2.69. The molecule has 0 bridgehead atoms. The zero-order valence-corrected chi connectivity index (χ0v) is 11.4. The molecule has 0 amide bonds. The number of hydrogen-bond donors (Lipinski definition) is 2. The van der Waals surface area contributed by atoms with Gasteiger partial charge in [-0.2, -0.15) is 5.26 Å². The lowest BCUT2D eigenvalue weighted by Crippen LogP contribution is -2.26. The van der Waals surface area contributed by atoms with E-state index in [1.807, 2.05) is 13.0 Å². The van der Waals surface area contributed by atoms with Crippen LogP contribution in [-0.2, 0) is 9.53 Å². The van der Waals surface area contributed by atoms with E-state index in [1.165, 1.54) is 0 Å². The molecule has 0 radical (unpaired) electrons. The predicted octanol–water partition coefficient (Wildman–Crippen LogP) is 1.60. The van der Waals surface area contributed by atoms with Crippen molar-refractivity contribution in [3.05, 3.63) is 21.6 Å². The van der Waals surface area contributed by atoms with Gasteiger partial charge in [-0.15, -0.1) is 0 Å². The Labute approximate surface area is 111 Å². The zero-order valence-electron chi connectivity index (χ0n) is 11.4. The maximum absolute atomic E-state index is 11.8. The van der Waals surface area contributed by atoms with Crippen molar-refractivity contribution in [2.24, 2.45) is 5.92 Å². The Morgan fingerprint density at radius 1 is 1.42 bits per heavy atom. The van der Waals surface area contributed by atoms with Crippen LogP contribution >= 0.6 is 0 Å². The molecule has 1 aromatic heterocycles. The molecule has 1 aromatic rings. The number of nitriles is 1. The molecule has 0 aliphatic heterocycles. The van der Waals surface area contributed by atoms with Crippen LogP contribution in [-0.4, -0.2) is 22.8 Å². The summed E-state index contributed by atoms with van der Waals surface area (Å²) in [4.78, 5) is 23.6. The fourth-order valence-electron chi connectivity index (χ4n) is 2.23. The Morgan fingerprint density at radius 2 is 2.11 bits per heavy atom. The van der Waals surface area contributed by atoms with Crippen molar-refractivity contribution in [1.29, 1.82) is 5.26 Å². The quantitative estimate of drug-likeness (QED) is 0.763. The number of aromatic nitrogens is 2. The lowest BCUT2D eigenvalue weighted by molar-refractivity contribution is -0.146. The first-order valence-corrected chi connectivity index (χ1v) is 6.40. The average molecular weight is 265 g/mol. The van der Waals surface area contributed by atoms with Crippen molar-refractivity contribution in [1.82, 2.24) is 10.2 Å². The molecule has 0 fully saturated rings. The monoisotopic (exact) mass is 265 g/mol. The molecule has 1 rings (SSSR count). The second-order valence-electron chi connectivity index (χ2n) is 4.37. The van der Waals surface area contributed by atoms with Gasteiger partial charge in [0.15, 0.2) is 5.92 Å². The Bertz CT molecular complexity index is 524. The van der Waals surface area contributed by atoms with Crippen LogP contribution in [0.1, 0.15) is 43.9 Å². The van der Waals surface area contributed by atoms with E-state index in [2.05, 4.69) is 10.2 Å². The van der Waals surface area contributed by atoms with Crippen LogP contribution in [0.4, 0.5) is 0 Å². The number of rotatable bonds is 6. The molecule has 0 saturated heterocycles. The highest BCUT2D eigenvalue weighted by Gasteiger charge is 2.33.